The van der Waals surface area contributed by atoms with E-state index in [-0.39, 0.29) is 5.54 Å². The van der Waals surface area contributed by atoms with Gasteiger partial charge >= 0.3 is 0 Å². The van der Waals surface area contributed by atoms with E-state index in [0.717, 1.165) is 25.9 Å². The van der Waals surface area contributed by atoms with Gasteiger partial charge in [0.15, 0.2) is 0 Å². The number of carbonyl (C=O) groups excluding carboxylic acids is 1. The van der Waals surface area contributed by atoms with Crippen molar-refractivity contribution in [1.82, 2.24) is 9.80 Å². The third-order valence-corrected chi connectivity index (χ3v) is 4.92. The standard InChI is InChI=1S/C15H29N3O/c1-15(12-16)7-3-4-9-18(15)14(19)10-13-6-5-8-17(2)11-13/h13H,3-12,16H2,1-2H3. The number of nitrogens with two attached hydrogens (primary N) is 1. The van der Waals surface area contributed by atoms with Gasteiger partial charge in [0.1, 0.15) is 0 Å². The molecule has 0 aliphatic carbocycles. The van der Waals surface area contributed by atoms with E-state index in [9.17, 15) is 4.79 Å². The highest BCUT2D eigenvalue weighted by Gasteiger charge is 2.36. The van der Waals surface area contributed by atoms with E-state index in [4.69, 9.17) is 5.73 Å². The first-order valence-corrected chi connectivity index (χ1v) is 7.74. The molecule has 2 atom stereocenters. The van der Waals surface area contributed by atoms with Crippen LogP contribution in [0.2, 0.25) is 0 Å². The van der Waals surface area contributed by atoms with Gasteiger partial charge in [-0.25, -0.2) is 0 Å². The molecule has 2 heterocycles. The summed E-state index contributed by atoms with van der Waals surface area (Å²) in [6.07, 6.45) is 6.52. The minimum atomic E-state index is -0.101. The van der Waals surface area contributed by atoms with Crippen molar-refractivity contribution in [1.29, 1.82) is 0 Å². The largest absolute Gasteiger partial charge is 0.336 e. The van der Waals surface area contributed by atoms with E-state index in [1.807, 2.05) is 0 Å². The Morgan fingerprint density at radius 3 is 2.79 bits per heavy atom. The van der Waals surface area contributed by atoms with Gasteiger partial charge in [0.25, 0.3) is 0 Å². The van der Waals surface area contributed by atoms with Crippen molar-refractivity contribution in [2.45, 2.75) is 51.0 Å². The van der Waals surface area contributed by atoms with E-state index >= 15 is 0 Å². The molecule has 110 valence electrons. The molecule has 2 aliphatic heterocycles. The van der Waals surface area contributed by atoms with Gasteiger partial charge in [-0.3, -0.25) is 4.79 Å². The molecule has 0 aromatic heterocycles. The molecule has 2 aliphatic rings. The second kappa shape index (κ2) is 6.23. The summed E-state index contributed by atoms with van der Waals surface area (Å²) in [5.74, 6) is 0.864. The number of rotatable bonds is 3. The first-order valence-electron chi connectivity index (χ1n) is 7.74. The summed E-state index contributed by atoms with van der Waals surface area (Å²) in [4.78, 5) is 17.0. The predicted octanol–water partition coefficient (Wildman–Crippen LogP) is 1.45. The molecule has 0 saturated carbocycles. The maximum absolute atomic E-state index is 12.6. The van der Waals surface area contributed by atoms with Crippen molar-refractivity contribution in [3.8, 4) is 0 Å². The Morgan fingerprint density at radius 1 is 1.32 bits per heavy atom. The molecular formula is C15H29N3O. The zero-order valence-corrected chi connectivity index (χ0v) is 12.5. The van der Waals surface area contributed by atoms with Crippen LogP contribution in [-0.4, -0.2) is 54.5 Å². The Bertz CT molecular complexity index is 321. The minimum Gasteiger partial charge on any atom is -0.336 e. The smallest absolute Gasteiger partial charge is 0.223 e. The zero-order valence-electron chi connectivity index (χ0n) is 12.5. The van der Waals surface area contributed by atoms with Crippen LogP contribution < -0.4 is 5.73 Å². The molecule has 0 radical (unpaired) electrons. The molecular weight excluding hydrogens is 238 g/mol. The molecule has 0 aromatic rings. The van der Waals surface area contributed by atoms with Crippen molar-refractivity contribution < 1.29 is 4.79 Å². The lowest BCUT2D eigenvalue weighted by Crippen LogP contribution is -2.57. The average molecular weight is 267 g/mol. The molecule has 2 saturated heterocycles. The lowest BCUT2D eigenvalue weighted by atomic mass is 9.87. The van der Waals surface area contributed by atoms with Crippen LogP contribution in [0.15, 0.2) is 0 Å². The van der Waals surface area contributed by atoms with E-state index in [0.29, 0.717) is 24.8 Å². The van der Waals surface area contributed by atoms with Gasteiger partial charge in [0, 0.05) is 26.1 Å². The third kappa shape index (κ3) is 3.48. The number of nitrogens with zero attached hydrogens (tertiary/aromatic N) is 2. The highest BCUT2D eigenvalue weighted by Crippen LogP contribution is 2.29. The molecule has 2 rings (SSSR count). The van der Waals surface area contributed by atoms with Crippen LogP contribution in [0.3, 0.4) is 0 Å². The fraction of sp³-hybridized carbons (Fsp3) is 0.933. The van der Waals surface area contributed by atoms with Crippen LogP contribution in [0.1, 0.15) is 45.4 Å². The molecule has 4 nitrogen and oxygen atoms in total. The molecule has 2 unspecified atom stereocenters. The SMILES string of the molecule is CN1CCCC(CC(=O)N2CCCCC2(C)CN)C1. The molecule has 0 bridgehead atoms. The van der Waals surface area contributed by atoms with Gasteiger partial charge in [0.05, 0.1) is 5.54 Å². The summed E-state index contributed by atoms with van der Waals surface area (Å²) in [5, 5.41) is 0. The fourth-order valence-electron chi connectivity index (χ4n) is 3.62. The first kappa shape index (κ1) is 14.8. The highest BCUT2D eigenvalue weighted by atomic mass is 16.2. The molecule has 1 amide bonds. The average Bonchev–Trinajstić information content (AvgIpc) is 2.39. The highest BCUT2D eigenvalue weighted by molar-refractivity contribution is 5.77. The van der Waals surface area contributed by atoms with Crippen LogP contribution >= 0.6 is 0 Å². The molecule has 2 N–H and O–H groups in total. The van der Waals surface area contributed by atoms with Crippen LogP contribution in [0.25, 0.3) is 0 Å². The van der Waals surface area contributed by atoms with Crippen molar-refractivity contribution >= 4 is 5.91 Å². The van der Waals surface area contributed by atoms with Gasteiger partial charge in [-0.2, -0.15) is 0 Å². The lowest BCUT2D eigenvalue weighted by Gasteiger charge is -2.45. The summed E-state index contributed by atoms with van der Waals surface area (Å²) >= 11 is 0. The Kier molecular flexibility index (Phi) is 4.85. The number of hydrogen-bond donors (Lipinski definition) is 1. The van der Waals surface area contributed by atoms with Crippen LogP contribution in [0.4, 0.5) is 0 Å². The quantitative estimate of drug-likeness (QED) is 0.842. The van der Waals surface area contributed by atoms with Crippen molar-refractivity contribution in [3.63, 3.8) is 0 Å². The van der Waals surface area contributed by atoms with Gasteiger partial charge in [-0.1, -0.05) is 0 Å². The maximum Gasteiger partial charge on any atom is 0.223 e. The molecule has 2 fully saturated rings. The summed E-state index contributed by atoms with van der Waals surface area (Å²) in [7, 11) is 2.15. The van der Waals surface area contributed by atoms with Gasteiger partial charge in [-0.15, -0.1) is 0 Å². The number of likely N-dealkylation sites (tertiary alicyclic amines) is 2. The Labute approximate surface area is 117 Å². The predicted molar refractivity (Wildman–Crippen MR) is 77.9 cm³/mol. The lowest BCUT2D eigenvalue weighted by molar-refractivity contribution is -0.140. The second-order valence-corrected chi connectivity index (χ2v) is 6.68. The topological polar surface area (TPSA) is 49.6 Å². The summed E-state index contributed by atoms with van der Waals surface area (Å²) in [6, 6.07) is 0. The molecule has 0 aromatic carbocycles. The molecule has 0 spiro atoms. The van der Waals surface area contributed by atoms with Gasteiger partial charge in [0.2, 0.25) is 5.91 Å². The van der Waals surface area contributed by atoms with E-state index in [1.54, 1.807) is 0 Å². The Balaban J connectivity index is 1.94. The molecule has 19 heavy (non-hydrogen) atoms. The maximum atomic E-state index is 12.6. The Hall–Kier alpha value is -0.610. The van der Waals surface area contributed by atoms with Crippen molar-refractivity contribution in [3.05, 3.63) is 0 Å². The van der Waals surface area contributed by atoms with E-state index in [2.05, 4.69) is 23.8 Å². The van der Waals surface area contributed by atoms with Gasteiger partial charge < -0.3 is 15.5 Å². The van der Waals surface area contributed by atoms with E-state index in [1.165, 1.54) is 25.8 Å². The van der Waals surface area contributed by atoms with Crippen LogP contribution in [-0.2, 0) is 4.79 Å². The number of amides is 1. The van der Waals surface area contributed by atoms with Crippen molar-refractivity contribution in [2.24, 2.45) is 11.7 Å². The number of piperidine rings is 2. The van der Waals surface area contributed by atoms with Gasteiger partial charge in [-0.05, 0) is 58.5 Å². The Morgan fingerprint density at radius 2 is 2.11 bits per heavy atom. The fourth-order valence-corrected chi connectivity index (χ4v) is 3.62. The summed E-state index contributed by atoms with van der Waals surface area (Å²) in [6.45, 7) is 5.88. The van der Waals surface area contributed by atoms with Crippen molar-refractivity contribution in [2.75, 3.05) is 33.2 Å². The second-order valence-electron chi connectivity index (χ2n) is 6.68. The van der Waals surface area contributed by atoms with Crippen LogP contribution in [0.5, 0.6) is 0 Å². The number of carbonyl (C=O) groups is 1. The number of hydrogen-bond acceptors (Lipinski definition) is 3. The minimum absolute atomic E-state index is 0.101. The normalized spacial score (nSPS) is 33.4. The third-order valence-electron chi connectivity index (χ3n) is 4.92. The monoisotopic (exact) mass is 267 g/mol. The van der Waals surface area contributed by atoms with E-state index < -0.39 is 0 Å². The summed E-state index contributed by atoms with van der Waals surface area (Å²) < 4.78 is 0. The zero-order chi connectivity index (χ0) is 13.9. The first-order chi connectivity index (χ1) is 9.05. The van der Waals surface area contributed by atoms with Crippen LogP contribution in [0, 0.1) is 5.92 Å². The summed E-state index contributed by atoms with van der Waals surface area (Å²) in [5.41, 5.74) is 5.82. The molecule has 4 heteroatoms.